The summed E-state index contributed by atoms with van der Waals surface area (Å²) in [7, 11) is 0. The summed E-state index contributed by atoms with van der Waals surface area (Å²) in [6, 6.07) is 3.86. The van der Waals surface area contributed by atoms with Crippen molar-refractivity contribution in [1.82, 2.24) is 20.4 Å². The second-order valence-electron chi connectivity index (χ2n) is 5.15. The lowest BCUT2D eigenvalue weighted by Crippen LogP contribution is -2.24. The fourth-order valence-corrected chi connectivity index (χ4v) is 3.60. The minimum atomic E-state index is -1.11. The Morgan fingerprint density at radius 3 is 3.00 bits per heavy atom. The van der Waals surface area contributed by atoms with Gasteiger partial charge in [-0.1, -0.05) is 6.07 Å². The number of rotatable bonds is 3. The molecule has 4 N–H and O–H groups in total. The molecule has 0 radical (unpaired) electrons. The SMILES string of the molecule is O=C1CC(c2cn[nH]c2C(=O)O)c2c(n[nH]c2-c2cccs2)N1. The molecule has 0 bridgehead atoms. The summed E-state index contributed by atoms with van der Waals surface area (Å²) in [5, 5.41) is 27.4. The van der Waals surface area contributed by atoms with Crippen LogP contribution in [0.5, 0.6) is 0 Å². The third kappa shape index (κ3) is 2.13. The maximum absolute atomic E-state index is 12.0. The Hall–Kier alpha value is -2.94. The highest BCUT2D eigenvalue weighted by atomic mass is 32.1. The van der Waals surface area contributed by atoms with Crippen LogP contribution >= 0.6 is 11.3 Å². The molecule has 1 amide bonds. The van der Waals surface area contributed by atoms with Crippen molar-refractivity contribution in [1.29, 1.82) is 0 Å². The Labute approximate surface area is 133 Å². The van der Waals surface area contributed by atoms with Crippen molar-refractivity contribution in [2.45, 2.75) is 12.3 Å². The lowest BCUT2D eigenvalue weighted by Gasteiger charge is -2.22. The molecule has 0 saturated heterocycles. The molecule has 1 aliphatic heterocycles. The third-order valence-electron chi connectivity index (χ3n) is 3.83. The largest absolute Gasteiger partial charge is 0.477 e. The number of hydrogen-bond donors (Lipinski definition) is 4. The van der Waals surface area contributed by atoms with Crippen molar-refractivity contribution in [3.63, 3.8) is 0 Å². The maximum atomic E-state index is 12.0. The van der Waals surface area contributed by atoms with E-state index in [0.717, 1.165) is 16.1 Å². The van der Waals surface area contributed by atoms with Gasteiger partial charge < -0.3 is 10.4 Å². The van der Waals surface area contributed by atoms with E-state index in [-0.39, 0.29) is 18.0 Å². The Kier molecular flexibility index (Phi) is 3.01. The zero-order chi connectivity index (χ0) is 16.0. The van der Waals surface area contributed by atoms with Crippen molar-refractivity contribution in [2.24, 2.45) is 0 Å². The van der Waals surface area contributed by atoms with Crippen LogP contribution in [0, 0.1) is 0 Å². The van der Waals surface area contributed by atoms with Gasteiger partial charge in [-0.05, 0) is 11.4 Å². The monoisotopic (exact) mass is 329 g/mol. The molecule has 4 rings (SSSR count). The minimum absolute atomic E-state index is 0.00557. The van der Waals surface area contributed by atoms with E-state index in [2.05, 4.69) is 25.7 Å². The van der Waals surface area contributed by atoms with Gasteiger partial charge in [-0.15, -0.1) is 11.3 Å². The van der Waals surface area contributed by atoms with Gasteiger partial charge in [0.15, 0.2) is 5.82 Å². The fraction of sp³-hybridized carbons (Fsp3) is 0.143. The summed E-state index contributed by atoms with van der Waals surface area (Å²) in [4.78, 5) is 24.3. The Morgan fingerprint density at radius 1 is 1.39 bits per heavy atom. The quantitative estimate of drug-likeness (QED) is 0.585. The molecule has 3 aromatic rings. The van der Waals surface area contributed by atoms with Gasteiger partial charge in [0.1, 0.15) is 5.69 Å². The Bertz CT molecular complexity index is 896. The van der Waals surface area contributed by atoms with Gasteiger partial charge in [0.05, 0.1) is 16.8 Å². The smallest absolute Gasteiger partial charge is 0.354 e. The van der Waals surface area contributed by atoms with E-state index in [1.807, 2.05) is 17.5 Å². The van der Waals surface area contributed by atoms with Crippen LogP contribution in [0.15, 0.2) is 23.7 Å². The highest BCUT2D eigenvalue weighted by Gasteiger charge is 2.35. The molecular formula is C14H11N5O3S. The number of aromatic carboxylic acids is 1. The molecule has 4 heterocycles. The lowest BCUT2D eigenvalue weighted by molar-refractivity contribution is -0.116. The van der Waals surface area contributed by atoms with Gasteiger partial charge in [-0.3, -0.25) is 15.0 Å². The average Bonchev–Trinajstić information content (AvgIpc) is 3.25. The van der Waals surface area contributed by atoms with Crippen LogP contribution in [0.2, 0.25) is 0 Å². The number of H-pyrrole nitrogens is 2. The zero-order valence-corrected chi connectivity index (χ0v) is 12.5. The summed E-state index contributed by atoms with van der Waals surface area (Å²) in [6.45, 7) is 0. The summed E-state index contributed by atoms with van der Waals surface area (Å²) >= 11 is 1.54. The molecule has 0 spiro atoms. The third-order valence-corrected chi connectivity index (χ3v) is 4.71. The van der Waals surface area contributed by atoms with Gasteiger partial charge in [-0.2, -0.15) is 10.2 Å². The molecule has 23 heavy (non-hydrogen) atoms. The first-order valence-electron chi connectivity index (χ1n) is 6.83. The summed E-state index contributed by atoms with van der Waals surface area (Å²) in [6.07, 6.45) is 1.60. The Morgan fingerprint density at radius 2 is 2.26 bits per heavy atom. The molecule has 3 aromatic heterocycles. The number of carboxylic acids is 1. The molecule has 9 heteroatoms. The highest BCUT2D eigenvalue weighted by molar-refractivity contribution is 7.13. The van der Waals surface area contributed by atoms with Gasteiger partial charge in [0, 0.05) is 23.5 Å². The molecule has 0 aliphatic carbocycles. The Balaban J connectivity index is 1.90. The van der Waals surface area contributed by atoms with Crippen molar-refractivity contribution >= 4 is 29.0 Å². The number of nitrogens with one attached hydrogen (secondary N) is 3. The molecule has 1 unspecified atom stereocenters. The summed E-state index contributed by atoms with van der Waals surface area (Å²) in [5.74, 6) is -1.29. The van der Waals surface area contributed by atoms with E-state index in [0.29, 0.717) is 11.4 Å². The van der Waals surface area contributed by atoms with Gasteiger partial charge in [0.25, 0.3) is 0 Å². The van der Waals surface area contributed by atoms with Crippen LogP contribution in [0.25, 0.3) is 10.6 Å². The van der Waals surface area contributed by atoms with Crippen LogP contribution in [0.4, 0.5) is 5.82 Å². The van der Waals surface area contributed by atoms with E-state index >= 15 is 0 Å². The van der Waals surface area contributed by atoms with E-state index in [1.54, 1.807) is 11.3 Å². The van der Waals surface area contributed by atoms with Crippen LogP contribution in [0.1, 0.15) is 34.0 Å². The fourth-order valence-electron chi connectivity index (χ4n) is 2.86. The van der Waals surface area contributed by atoms with Crippen molar-refractivity contribution in [3.8, 4) is 10.6 Å². The highest BCUT2D eigenvalue weighted by Crippen LogP contribution is 2.43. The number of amides is 1. The number of nitrogens with zero attached hydrogens (tertiary/aromatic N) is 2. The van der Waals surface area contributed by atoms with Crippen LogP contribution in [-0.2, 0) is 4.79 Å². The van der Waals surface area contributed by atoms with Gasteiger partial charge in [0.2, 0.25) is 5.91 Å². The first kappa shape index (κ1) is 13.7. The predicted octanol–water partition coefficient (Wildman–Crippen LogP) is 2.03. The number of anilines is 1. The molecule has 1 atom stereocenters. The van der Waals surface area contributed by atoms with Crippen molar-refractivity contribution in [2.75, 3.05) is 5.32 Å². The van der Waals surface area contributed by atoms with E-state index in [4.69, 9.17) is 0 Å². The standard InChI is InChI=1S/C14H11N5O3S/c20-9-4-6(7-5-15-17-11(7)14(21)22)10-12(8-2-1-3-23-8)18-19-13(10)16-9/h1-3,5-6H,4H2,(H,15,17)(H,21,22)(H2,16,18,19,20). The average molecular weight is 329 g/mol. The first-order chi connectivity index (χ1) is 11.1. The molecule has 0 aromatic carbocycles. The second kappa shape index (κ2) is 5.06. The number of fused-ring (bicyclic) bond motifs is 1. The zero-order valence-electron chi connectivity index (χ0n) is 11.7. The van der Waals surface area contributed by atoms with E-state index < -0.39 is 11.9 Å². The van der Waals surface area contributed by atoms with Crippen LogP contribution < -0.4 is 5.32 Å². The first-order valence-corrected chi connectivity index (χ1v) is 7.71. The molecule has 8 nitrogen and oxygen atoms in total. The number of aromatic nitrogens is 4. The van der Waals surface area contributed by atoms with E-state index in [9.17, 15) is 14.7 Å². The lowest BCUT2D eigenvalue weighted by atomic mass is 9.85. The predicted molar refractivity (Wildman–Crippen MR) is 82.5 cm³/mol. The number of aromatic amines is 2. The topological polar surface area (TPSA) is 124 Å². The molecular weight excluding hydrogens is 318 g/mol. The number of carboxylic acid groups (broad SMARTS) is 1. The van der Waals surface area contributed by atoms with Crippen molar-refractivity contribution < 1.29 is 14.7 Å². The van der Waals surface area contributed by atoms with Gasteiger partial charge >= 0.3 is 5.97 Å². The normalized spacial score (nSPS) is 16.9. The van der Waals surface area contributed by atoms with Gasteiger partial charge in [-0.25, -0.2) is 4.79 Å². The minimum Gasteiger partial charge on any atom is -0.477 e. The number of hydrogen-bond acceptors (Lipinski definition) is 5. The second-order valence-corrected chi connectivity index (χ2v) is 6.10. The molecule has 1 aliphatic rings. The molecule has 116 valence electrons. The summed E-state index contributed by atoms with van der Waals surface area (Å²) < 4.78 is 0. The number of carbonyl (C=O) groups excluding carboxylic acids is 1. The molecule has 0 saturated carbocycles. The van der Waals surface area contributed by atoms with Crippen LogP contribution in [-0.4, -0.2) is 37.4 Å². The maximum Gasteiger partial charge on any atom is 0.354 e. The van der Waals surface area contributed by atoms with Crippen molar-refractivity contribution in [3.05, 3.63) is 40.5 Å². The molecule has 0 fully saturated rings. The van der Waals surface area contributed by atoms with E-state index in [1.165, 1.54) is 6.20 Å². The van der Waals surface area contributed by atoms with Crippen LogP contribution in [0.3, 0.4) is 0 Å². The summed E-state index contributed by atoms with van der Waals surface area (Å²) in [5.41, 5.74) is 2.05. The number of carbonyl (C=O) groups is 2. The number of thiophene rings is 1.